The second kappa shape index (κ2) is 7.22. The highest BCUT2D eigenvalue weighted by molar-refractivity contribution is 5.28. The topological polar surface area (TPSA) is 32.3 Å². The molecule has 0 aliphatic rings. The van der Waals surface area contributed by atoms with Gasteiger partial charge in [0, 0.05) is 12.1 Å². The van der Waals surface area contributed by atoms with E-state index in [1.54, 1.807) is 0 Å². The van der Waals surface area contributed by atoms with Crippen molar-refractivity contribution >= 4 is 0 Å². The summed E-state index contributed by atoms with van der Waals surface area (Å²) in [5.41, 5.74) is 3.82. The fourth-order valence-corrected chi connectivity index (χ4v) is 2.59. The van der Waals surface area contributed by atoms with Crippen LogP contribution in [0.3, 0.4) is 0 Å². The Morgan fingerprint density at radius 2 is 1.65 bits per heavy atom. The van der Waals surface area contributed by atoms with Crippen LogP contribution in [0.5, 0.6) is 0 Å². The Labute approximate surface area is 121 Å². The second-order valence-electron chi connectivity index (χ2n) is 5.31. The number of benzene rings is 2. The molecule has 0 spiro atoms. The summed E-state index contributed by atoms with van der Waals surface area (Å²) in [4.78, 5) is 0. The van der Waals surface area contributed by atoms with Gasteiger partial charge in [-0.25, -0.2) is 0 Å². The third-order valence-electron chi connectivity index (χ3n) is 3.69. The number of hydrogen-bond donors (Lipinski definition) is 2. The number of aliphatic hydroxyl groups excluding tert-OH is 1. The average Bonchev–Trinajstić information content (AvgIpc) is 2.48. The zero-order valence-corrected chi connectivity index (χ0v) is 12.2. The van der Waals surface area contributed by atoms with E-state index >= 15 is 0 Å². The summed E-state index contributed by atoms with van der Waals surface area (Å²) in [5, 5.41) is 13.1. The Hall–Kier alpha value is -1.64. The third-order valence-corrected chi connectivity index (χ3v) is 3.69. The van der Waals surface area contributed by atoms with Gasteiger partial charge in [0.1, 0.15) is 0 Å². The molecule has 0 aromatic heterocycles. The van der Waals surface area contributed by atoms with Gasteiger partial charge in [-0.2, -0.15) is 0 Å². The first-order chi connectivity index (χ1) is 9.70. The van der Waals surface area contributed by atoms with E-state index in [1.807, 2.05) is 18.2 Å². The molecule has 2 aromatic carbocycles. The predicted octanol–water partition coefficient (Wildman–Crippen LogP) is 3.25. The average molecular weight is 269 g/mol. The van der Waals surface area contributed by atoms with E-state index in [1.165, 1.54) is 16.7 Å². The Bertz CT molecular complexity index is 524. The lowest BCUT2D eigenvalue weighted by Gasteiger charge is -2.23. The first kappa shape index (κ1) is 14.8. The molecule has 2 heteroatoms. The minimum atomic E-state index is 0.0759. The van der Waals surface area contributed by atoms with Crippen molar-refractivity contribution in [2.24, 2.45) is 0 Å². The molecule has 0 saturated carbocycles. The van der Waals surface area contributed by atoms with Gasteiger partial charge in [-0.15, -0.1) is 0 Å². The zero-order valence-electron chi connectivity index (χ0n) is 12.2. The molecule has 2 aromatic rings. The van der Waals surface area contributed by atoms with Crippen LogP contribution in [-0.2, 0) is 6.42 Å². The number of hydrogen-bond acceptors (Lipinski definition) is 2. The Morgan fingerprint density at radius 3 is 2.30 bits per heavy atom. The fourth-order valence-electron chi connectivity index (χ4n) is 2.59. The molecule has 0 saturated heterocycles. The Morgan fingerprint density at radius 1 is 1.00 bits per heavy atom. The fraction of sp³-hybridized carbons (Fsp3) is 0.333. The smallest absolute Gasteiger partial charge is 0.0588 e. The molecular weight excluding hydrogens is 246 g/mol. The van der Waals surface area contributed by atoms with Gasteiger partial charge in [-0.3, -0.25) is 0 Å². The van der Waals surface area contributed by atoms with Crippen LogP contribution in [0.4, 0.5) is 0 Å². The SMILES string of the molecule is Cc1ccccc1C(C)N[C@H](CO)Cc1ccccc1. The molecule has 0 fully saturated rings. The lowest BCUT2D eigenvalue weighted by molar-refractivity contribution is 0.232. The molecular formula is C18H23NO. The van der Waals surface area contributed by atoms with Gasteiger partial charge in [0.2, 0.25) is 0 Å². The minimum absolute atomic E-state index is 0.0759. The van der Waals surface area contributed by atoms with Crippen LogP contribution in [-0.4, -0.2) is 17.8 Å². The molecule has 2 atom stereocenters. The molecule has 106 valence electrons. The van der Waals surface area contributed by atoms with Crippen molar-refractivity contribution in [1.29, 1.82) is 0 Å². The number of aliphatic hydroxyl groups is 1. The number of rotatable bonds is 6. The largest absolute Gasteiger partial charge is 0.395 e. The number of aryl methyl sites for hydroxylation is 1. The van der Waals surface area contributed by atoms with E-state index in [0.29, 0.717) is 0 Å². The van der Waals surface area contributed by atoms with E-state index in [0.717, 1.165) is 6.42 Å². The molecule has 0 aliphatic heterocycles. The Balaban J connectivity index is 2.01. The maximum Gasteiger partial charge on any atom is 0.0588 e. The van der Waals surface area contributed by atoms with E-state index < -0.39 is 0 Å². The summed E-state index contributed by atoms with van der Waals surface area (Å²) in [6.45, 7) is 4.42. The Kier molecular flexibility index (Phi) is 5.33. The molecule has 0 heterocycles. The molecule has 0 radical (unpaired) electrons. The summed E-state index contributed by atoms with van der Waals surface area (Å²) in [7, 11) is 0. The monoisotopic (exact) mass is 269 g/mol. The van der Waals surface area contributed by atoms with Crippen molar-refractivity contribution in [3.8, 4) is 0 Å². The van der Waals surface area contributed by atoms with Crippen LogP contribution in [0.1, 0.15) is 29.7 Å². The van der Waals surface area contributed by atoms with Crippen LogP contribution >= 0.6 is 0 Å². The minimum Gasteiger partial charge on any atom is -0.395 e. The van der Waals surface area contributed by atoms with Crippen LogP contribution in [0.15, 0.2) is 54.6 Å². The van der Waals surface area contributed by atoms with Crippen molar-refractivity contribution < 1.29 is 5.11 Å². The normalized spacial score (nSPS) is 13.9. The lowest BCUT2D eigenvalue weighted by Crippen LogP contribution is -2.36. The molecule has 0 amide bonds. The zero-order chi connectivity index (χ0) is 14.4. The van der Waals surface area contributed by atoms with Gasteiger partial charge in [0.25, 0.3) is 0 Å². The van der Waals surface area contributed by atoms with Crippen LogP contribution in [0.25, 0.3) is 0 Å². The van der Waals surface area contributed by atoms with Gasteiger partial charge in [0.15, 0.2) is 0 Å². The first-order valence-corrected chi connectivity index (χ1v) is 7.17. The molecule has 2 rings (SSSR count). The van der Waals surface area contributed by atoms with Gasteiger partial charge in [-0.1, -0.05) is 54.6 Å². The summed E-state index contributed by atoms with van der Waals surface area (Å²) in [6.07, 6.45) is 0.841. The van der Waals surface area contributed by atoms with Crippen LogP contribution < -0.4 is 5.32 Å². The molecule has 1 unspecified atom stereocenters. The maximum atomic E-state index is 9.59. The molecule has 2 N–H and O–H groups in total. The highest BCUT2D eigenvalue weighted by atomic mass is 16.3. The van der Waals surface area contributed by atoms with Crippen molar-refractivity contribution in [3.05, 3.63) is 71.3 Å². The standard InChI is InChI=1S/C18H23NO/c1-14-8-6-7-11-18(14)15(2)19-17(13-20)12-16-9-4-3-5-10-16/h3-11,15,17,19-20H,12-13H2,1-2H3/t15?,17-/m0/s1. The molecule has 0 bridgehead atoms. The summed E-state index contributed by atoms with van der Waals surface area (Å²) in [6, 6.07) is 19.0. The van der Waals surface area contributed by atoms with E-state index in [4.69, 9.17) is 0 Å². The third kappa shape index (κ3) is 3.92. The second-order valence-corrected chi connectivity index (χ2v) is 5.31. The summed E-state index contributed by atoms with van der Waals surface area (Å²) < 4.78 is 0. The highest BCUT2D eigenvalue weighted by Gasteiger charge is 2.14. The van der Waals surface area contributed by atoms with Crippen LogP contribution in [0.2, 0.25) is 0 Å². The van der Waals surface area contributed by atoms with E-state index in [9.17, 15) is 5.11 Å². The van der Waals surface area contributed by atoms with Gasteiger partial charge in [0.05, 0.1) is 6.61 Å². The van der Waals surface area contributed by atoms with E-state index in [-0.39, 0.29) is 18.7 Å². The quantitative estimate of drug-likeness (QED) is 0.843. The summed E-state index contributed by atoms with van der Waals surface area (Å²) >= 11 is 0. The molecule has 2 nitrogen and oxygen atoms in total. The van der Waals surface area contributed by atoms with Crippen molar-refractivity contribution in [2.75, 3.05) is 6.61 Å². The van der Waals surface area contributed by atoms with Gasteiger partial charge < -0.3 is 10.4 Å². The van der Waals surface area contributed by atoms with Crippen molar-refractivity contribution in [2.45, 2.75) is 32.4 Å². The molecule has 20 heavy (non-hydrogen) atoms. The van der Waals surface area contributed by atoms with Crippen molar-refractivity contribution in [3.63, 3.8) is 0 Å². The molecule has 0 aliphatic carbocycles. The van der Waals surface area contributed by atoms with E-state index in [2.05, 4.69) is 55.6 Å². The first-order valence-electron chi connectivity index (χ1n) is 7.17. The van der Waals surface area contributed by atoms with Crippen molar-refractivity contribution in [1.82, 2.24) is 5.32 Å². The van der Waals surface area contributed by atoms with Gasteiger partial charge in [-0.05, 0) is 37.0 Å². The summed E-state index contributed by atoms with van der Waals surface area (Å²) in [5.74, 6) is 0. The van der Waals surface area contributed by atoms with Gasteiger partial charge >= 0.3 is 0 Å². The number of nitrogens with one attached hydrogen (secondary N) is 1. The lowest BCUT2D eigenvalue weighted by atomic mass is 10.0. The van der Waals surface area contributed by atoms with Crippen LogP contribution in [0, 0.1) is 6.92 Å². The maximum absolute atomic E-state index is 9.59. The predicted molar refractivity (Wildman–Crippen MR) is 83.7 cm³/mol. The highest BCUT2D eigenvalue weighted by Crippen LogP contribution is 2.18.